The quantitative estimate of drug-likeness (QED) is 0.509. The van der Waals surface area contributed by atoms with Crippen molar-refractivity contribution < 1.29 is 39.1 Å². The molecule has 1 aromatic carbocycles. The first kappa shape index (κ1) is 22.1. The molecule has 0 spiro atoms. The molecule has 1 aromatic rings. The van der Waals surface area contributed by atoms with E-state index in [0.717, 1.165) is 5.56 Å². The molecule has 162 valence electrons. The van der Waals surface area contributed by atoms with Crippen LogP contribution in [0.25, 0.3) is 0 Å². The van der Waals surface area contributed by atoms with Crippen molar-refractivity contribution in [2.24, 2.45) is 0 Å². The first-order valence-corrected chi connectivity index (χ1v) is 9.61. The largest absolute Gasteiger partial charge is 0.388 e. The number of fused-ring (bicyclic) bond motifs is 1. The molecule has 9 heteroatoms. The highest BCUT2D eigenvalue weighted by Crippen LogP contribution is 2.34. The minimum Gasteiger partial charge on any atom is -0.388 e. The van der Waals surface area contributed by atoms with Gasteiger partial charge in [-0.1, -0.05) is 30.3 Å². The van der Waals surface area contributed by atoms with Crippen LogP contribution in [0.1, 0.15) is 32.6 Å². The maximum absolute atomic E-state index is 11.7. The van der Waals surface area contributed by atoms with E-state index in [9.17, 15) is 20.1 Å². The number of aliphatic hydroxyl groups is 3. The number of nitrogens with one attached hydrogen (secondary N) is 1. The van der Waals surface area contributed by atoms with Gasteiger partial charge in [-0.3, -0.25) is 4.79 Å². The van der Waals surface area contributed by atoms with Gasteiger partial charge in [0.05, 0.1) is 18.8 Å². The second-order valence-electron chi connectivity index (χ2n) is 7.94. The van der Waals surface area contributed by atoms with Crippen LogP contribution in [0.3, 0.4) is 0 Å². The molecule has 7 atom stereocenters. The summed E-state index contributed by atoms with van der Waals surface area (Å²) in [5, 5.41) is 33.4. The number of benzene rings is 1. The maximum atomic E-state index is 11.7. The number of carbonyl (C=O) groups is 1. The molecule has 3 rings (SSSR count). The number of aliphatic hydroxyl groups excluding tert-OH is 2. The van der Waals surface area contributed by atoms with Crippen LogP contribution in [0.2, 0.25) is 0 Å². The highest BCUT2D eigenvalue weighted by molar-refractivity contribution is 5.73. The van der Waals surface area contributed by atoms with Crippen molar-refractivity contribution in [1.29, 1.82) is 0 Å². The second-order valence-corrected chi connectivity index (χ2v) is 7.94. The van der Waals surface area contributed by atoms with E-state index in [0.29, 0.717) is 0 Å². The van der Waals surface area contributed by atoms with E-state index in [4.69, 9.17) is 18.9 Å². The van der Waals surface area contributed by atoms with Crippen molar-refractivity contribution in [2.45, 2.75) is 69.4 Å². The van der Waals surface area contributed by atoms with Crippen molar-refractivity contribution >= 4 is 5.91 Å². The van der Waals surface area contributed by atoms with Gasteiger partial charge in [0, 0.05) is 12.5 Å². The van der Waals surface area contributed by atoms with Gasteiger partial charge in [-0.15, -0.1) is 0 Å². The molecule has 29 heavy (non-hydrogen) atoms. The van der Waals surface area contributed by atoms with Gasteiger partial charge in [0.1, 0.15) is 30.5 Å². The van der Waals surface area contributed by atoms with Crippen LogP contribution in [0.5, 0.6) is 0 Å². The maximum Gasteiger partial charge on any atom is 0.217 e. The van der Waals surface area contributed by atoms with Crippen LogP contribution < -0.4 is 5.32 Å². The zero-order valence-corrected chi connectivity index (χ0v) is 16.7. The summed E-state index contributed by atoms with van der Waals surface area (Å²) in [5.74, 6) is -0.376. The van der Waals surface area contributed by atoms with E-state index in [-0.39, 0.29) is 19.1 Å². The highest BCUT2D eigenvalue weighted by Gasteiger charge is 2.50. The molecule has 2 aliphatic heterocycles. The Labute approximate surface area is 169 Å². The molecule has 2 heterocycles. The van der Waals surface area contributed by atoms with Crippen LogP contribution in [-0.2, 0) is 23.7 Å². The van der Waals surface area contributed by atoms with Gasteiger partial charge < -0.3 is 39.6 Å². The van der Waals surface area contributed by atoms with Gasteiger partial charge in [-0.25, -0.2) is 0 Å². The molecule has 2 aliphatic rings. The minimum absolute atomic E-state index is 0.155. The van der Waals surface area contributed by atoms with Gasteiger partial charge in [-0.2, -0.15) is 0 Å². The van der Waals surface area contributed by atoms with Crippen LogP contribution >= 0.6 is 0 Å². The Hall–Kier alpha value is -1.59. The van der Waals surface area contributed by atoms with Crippen molar-refractivity contribution in [3.05, 3.63) is 35.9 Å². The summed E-state index contributed by atoms with van der Waals surface area (Å²) in [6.07, 6.45) is -5.39. The van der Waals surface area contributed by atoms with E-state index in [1.54, 1.807) is 0 Å². The third kappa shape index (κ3) is 5.32. The van der Waals surface area contributed by atoms with Crippen molar-refractivity contribution in [3.8, 4) is 0 Å². The van der Waals surface area contributed by atoms with Gasteiger partial charge in [0.25, 0.3) is 0 Å². The molecule has 2 saturated heterocycles. The molecule has 0 unspecified atom stereocenters. The predicted molar refractivity (Wildman–Crippen MR) is 101 cm³/mol. The summed E-state index contributed by atoms with van der Waals surface area (Å²) >= 11 is 0. The summed E-state index contributed by atoms with van der Waals surface area (Å²) in [5.41, 5.74) is -0.569. The summed E-state index contributed by atoms with van der Waals surface area (Å²) in [6, 6.07) is 8.40. The number of carbonyl (C=O) groups excluding carboxylic acids is 1. The lowest BCUT2D eigenvalue weighted by molar-refractivity contribution is -0.346. The van der Waals surface area contributed by atoms with E-state index >= 15 is 0 Å². The van der Waals surface area contributed by atoms with E-state index in [1.807, 2.05) is 30.3 Å². The van der Waals surface area contributed by atoms with Crippen LogP contribution in [-0.4, -0.2) is 76.8 Å². The third-order valence-corrected chi connectivity index (χ3v) is 5.04. The van der Waals surface area contributed by atoms with E-state index in [1.165, 1.54) is 20.8 Å². The second kappa shape index (κ2) is 9.05. The Morgan fingerprint density at radius 2 is 2.00 bits per heavy atom. The fraction of sp³-hybridized carbons (Fsp3) is 0.650. The molecule has 0 aliphatic carbocycles. The average molecular weight is 411 g/mol. The fourth-order valence-corrected chi connectivity index (χ4v) is 3.29. The van der Waals surface area contributed by atoms with Crippen molar-refractivity contribution in [3.63, 3.8) is 0 Å². The number of rotatable bonds is 6. The van der Waals surface area contributed by atoms with Gasteiger partial charge in [-0.05, 0) is 13.8 Å². The van der Waals surface area contributed by atoms with Crippen molar-refractivity contribution in [2.75, 3.05) is 13.2 Å². The molecule has 2 fully saturated rings. The molecule has 0 aromatic heterocycles. The monoisotopic (exact) mass is 411 g/mol. The summed E-state index contributed by atoms with van der Waals surface area (Å²) in [4.78, 5) is 11.7. The van der Waals surface area contributed by atoms with Gasteiger partial charge >= 0.3 is 0 Å². The first-order chi connectivity index (χ1) is 13.7. The summed E-state index contributed by atoms with van der Waals surface area (Å²) in [7, 11) is 0. The Morgan fingerprint density at radius 3 is 2.62 bits per heavy atom. The SMILES string of the molecule is CC(=O)N[C@H]1[C@H](OC[C@H](O)C(C)(C)O)O[C@@H]2CO[C@@H](c3ccccc3)O[C@H]2[C@@H]1O. The molecular formula is C20H29NO8. The zero-order chi connectivity index (χ0) is 21.2. The van der Waals surface area contributed by atoms with Crippen LogP contribution in [0.4, 0.5) is 0 Å². The Bertz CT molecular complexity index is 679. The molecule has 1 amide bonds. The third-order valence-electron chi connectivity index (χ3n) is 5.04. The molecule has 0 saturated carbocycles. The summed E-state index contributed by atoms with van der Waals surface area (Å²) in [6.45, 7) is 4.13. The molecule has 4 N–H and O–H groups in total. The lowest BCUT2D eigenvalue weighted by Gasteiger charge is -2.48. The molecular weight excluding hydrogens is 382 g/mol. The van der Waals surface area contributed by atoms with Crippen molar-refractivity contribution in [1.82, 2.24) is 5.32 Å². The highest BCUT2D eigenvalue weighted by atomic mass is 16.7. The predicted octanol–water partition coefficient (Wildman–Crippen LogP) is -0.160. The van der Waals surface area contributed by atoms with Crippen LogP contribution in [0, 0.1) is 0 Å². The average Bonchev–Trinajstić information content (AvgIpc) is 2.68. The standard InChI is InChI=1S/C20H29NO8/c1-11(22)21-15-16(24)17-13(28-19(15)27-10-14(23)20(2,3)25)9-26-18(29-17)12-7-5-4-6-8-12/h4-8,13-19,23-25H,9-10H2,1-3H3,(H,21,22)/t13-,14+,15-,16-,17-,18-,19-/m1/s1. The first-order valence-electron chi connectivity index (χ1n) is 9.61. The Morgan fingerprint density at radius 1 is 1.31 bits per heavy atom. The number of hydrogen-bond acceptors (Lipinski definition) is 8. The number of amides is 1. The topological polar surface area (TPSA) is 127 Å². The minimum atomic E-state index is -1.38. The van der Waals surface area contributed by atoms with Gasteiger partial charge in [0.2, 0.25) is 5.91 Å². The molecule has 0 bridgehead atoms. The Balaban J connectivity index is 1.71. The number of hydrogen-bond donors (Lipinski definition) is 4. The number of ether oxygens (including phenoxy) is 4. The van der Waals surface area contributed by atoms with Crippen LogP contribution in [0.15, 0.2) is 30.3 Å². The van der Waals surface area contributed by atoms with E-state index < -0.39 is 48.6 Å². The lowest BCUT2D eigenvalue weighted by Crippen LogP contribution is -2.67. The van der Waals surface area contributed by atoms with E-state index in [2.05, 4.69) is 5.32 Å². The summed E-state index contributed by atoms with van der Waals surface area (Å²) < 4.78 is 23.2. The normalized spacial score (nSPS) is 33.6. The lowest BCUT2D eigenvalue weighted by atomic mass is 9.95. The smallest absolute Gasteiger partial charge is 0.217 e. The molecule has 9 nitrogen and oxygen atoms in total. The molecule has 0 radical (unpaired) electrons. The Kier molecular flexibility index (Phi) is 6.90. The fourth-order valence-electron chi connectivity index (χ4n) is 3.29. The zero-order valence-electron chi connectivity index (χ0n) is 16.7. The van der Waals surface area contributed by atoms with Gasteiger partial charge in [0.15, 0.2) is 12.6 Å².